The summed E-state index contributed by atoms with van der Waals surface area (Å²) in [5.74, 6) is -1.42. The molecule has 0 aliphatic heterocycles. The first-order chi connectivity index (χ1) is 3.85. The number of hydrogen-bond acceptors (Lipinski definition) is 0. The van der Waals surface area contributed by atoms with Crippen molar-refractivity contribution in [1.82, 2.24) is 0 Å². The summed E-state index contributed by atoms with van der Waals surface area (Å²) in [6.07, 6.45) is -4.15. The molecule has 0 heterocycles. The molecular formula is C5H8ClF3. The molecule has 0 N–H and O–H groups in total. The Morgan fingerprint density at radius 3 is 1.56 bits per heavy atom. The molecule has 0 rings (SSSR count). The van der Waals surface area contributed by atoms with Crippen LogP contribution in [0, 0.1) is 5.92 Å². The minimum Gasteiger partial charge on any atom is -0.171 e. The Morgan fingerprint density at radius 2 is 1.56 bits per heavy atom. The molecule has 0 nitrogen and oxygen atoms in total. The quantitative estimate of drug-likeness (QED) is 0.518. The van der Waals surface area contributed by atoms with Crippen LogP contribution >= 0.6 is 11.6 Å². The van der Waals surface area contributed by atoms with Gasteiger partial charge in [0.2, 0.25) is 0 Å². The third-order valence-corrected chi connectivity index (χ3v) is 1.58. The van der Waals surface area contributed by atoms with Crippen molar-refractivity contribution in [3.8, 4) is 0 Å². The van der Waals surface area contributed by atoms with Gasteiger partial charge >= 0.3 is 6.18 Å². The van der Waals surface area contributed by atoms with Crippen molar-refractivity contribution in [3.63, 3.8) is 0 Å². The summed E-state index contributed by atoms with van der Waals surface area (Å²) < 4.78 is 34.8. The average molecular weight is 161 g/mol. The maximum atomic E-state index is 11.6. The van der Waals surface area contributed by atoms with Gasteiger partial charge in [-0.2, -0.15) is 13.2 Å². The predicted molar refractivity (Wildman–Crippen MR) is 30.5 cm³/mol. The highest BCUT2D eigenvalue weighted by Crippen LogP contribution is 2.30. The van der Waals surface area contributed by atoms with Gasteiger partial charge in [-0.1, -0.05) is 6.92 Å². The summed E-state index contributed by atoms with van der Waals surface area (Å²) in [6, 6.07) is 0. The summed E-state index contributed by atoms with van der Waals surface area (Å²) in [6.45, 7) is 2.40. The Hall–Kier alpha value is 0.0800. The van der Waals surface area contributed by atoms with E-state index in [0.29, 0.717) is 0 Å². The third kappa shape index (κ3) is 2.94. The van der Waals surface area contributed by atoms with Gasteiger partial charge in [-0.15, -0.1) is 11.6 Å². The monoisotopic (exact) mass is 160 g/mol. The van der Waals surface area contributed by atoms with E-state index in [-0.39, 0.29) is 0 Å². The molecule has 56 valence electrons. The summed E-state index contributed by atoms with van der Waals surface area (Å²) in [5.41, 5.74) is 0. The van der Waals surface area contributed by atoms with Gasteiger partial charge in [-0.05, 0) is 6.92 Å². The van der Waals surface area contributed by atoms with Crippen LogP contribution in [0.3, 0.4) is 0 Å². The van der Waals surface area contributed by atoms with Crippen molar-refractivity contribution < 1.29 is 13.2 Å². The van der Waals surface area contributed by atoms with Crippen LogP contribution in [0.15, 0.2) is 0 Å². The SMILES string of the molecule is CC(Cl)C(C)C(F)(F)F. The van der Waals surface area contributed by atoms with E-state index in [1.807, 2.05) is 0 Å². The molecule has 0 amide bonds. The Labute approximate surface area is 57.0 Å². The second-order valence-electron chi connectivity index (χ2n) is 2.01. The summed E-state index contributed by atoms with van der Waals surface area (Å²) in [5, 5.41) is -0.843. The van der Waals surface area contributed by atoms with E-state index < -0.39 is 17.5 Å². The van der Waals surface area contributed by atoms with Gasteiger partial charge in [-0.3, -0.25) is 0 Å². The van der Waals surface area contributed by atoms with Crippen molar-refractivity contribution in [3.05, 3.63) is 0 Å². The highest BCUT2D eigenvalue weighted by atomic mass is 35.5. The molecule has 0 aromatic carbocycles. The van der Waals surface area contributed by atoms with Crippen molar-refractivity contribution in [2.75, 3.05) is 0 Å². The topological polar surface area (TPSA) is 0 Å². The minimum absolute atomic E-state index is 0.843. The number of rotatable bonds is 1. The molecule has 0 aromatic rings. The van der Waals surface area contributed by atoms with Crippen LogP contribution < -0.4 is 0 Å². The largest absolute Gasteiger partial charge is 0.392 e. The van der Waals surface area contributed by atoms with E-state index in [1.165, 1.54) is 6.92 Å². The molecule has 0 saturated carbocycles. The van der Waals surface area contributed by atoms with E-state index >= 15 is 0 Å². The molecule has 0 aromatic heterocycles. The van der Waals surface area contributed by atoms with E-state index in [9.17, 15) is 13.2 Å². The summed E-state index contributed by atoms with van der Waals surface area (Å²) >= 11 is 5.19. The van der Waals surface area contributed by atoms with Gasteiger partial charge in [0.05, 0.1) is 5.92 Å². The molecule has 0 aliphatic carbocycles. The maximum Gasteiger partial charge on any atom is 0.392 e. The molecule has 9 heavy (non-hydrogen) atoms. The van der Waals surface area contributed by atoms with Crippen molar-refractivity contribution in [2.24, 2.45) is 5.92 Å². The van der Waals surface area contributed by atoms with Crippen molar-refractivity contribution in [1.29, 1.82) is 0 Å². The van der Waals surface area contributed by atoms with Crippen LogP contribution in [0.1, 0.15) is 13.8 Å². The zero-order valence-electron chi connectivity index (χ0n) is 5.17. The third-order valence-electron chi connectivity index (χ3n) is 1.21. The Balaban J connectivity index is 3.88. The lowest BCUT2D eigenvalue weighted by Crippen LogP contribution is -2.26. The summed E-state index contributed by atoms with van der Waals surface area (Å²) in [7, 11) is 0. The average Bonchev–Trinajstić information content (AvgIpc) is 1.62. The Bertz CT molecular complexity index is 86.7. The normalized spacial score (nSPS) is 19.3. The lowest BCUT2D eigenvalue weighted by molar-refractivity contribution is -0.168. The van der Waals surface area contributed by atoms with Crippen LogP contribution in [-0.2, 0) is 0 Å². The van der Waals surface area contributed by atoms with E-state index in [4.69, 9.17) is 11.6 Å². The fraction of sp³-hybridized carbons (Fsp3) is 1.00. The maximum absolute atomic E-state index is 11.6. The first-order valence-corrected chi connectivity index (χ1v) is 3.00. The molecule has 2 unspecified atom stereocenters. The molecule has 0 radical (unpaired) electrons. The van der Waals surface area contributed by atoms with Gasteiger partial charge in [0.15, 0.2) is 0 Å². The van der Waals surface area contributed by atoms with Crippen LogP contribution in [-0.4, -0.2) is 11.6 Å². The predicted octanol–water partition coefficient (Wildman–Crippen LogP) is 2.81. The Kier molecular flexibility index (Phi) is 2.80. The van der Waals surface area contributed by atoms with E-state index in [0.717, 1.165) is 6.92 Å². The lowest BCUT2D eigenvalue weighted by atomic mass is 10.1. The van der Waals surface area contributed by atoms with Crippen LogP contribution in [0.25, 0.3) is 0 Å². The second kappa shape index (κ2) is 2.78. The van der Waals surface area contributed by atoms with Gasteiger partial charge in [-0.25, -0.2) is 0 Å². The first-order valence-electron chi connectivity index (χ1n) is 2.56. The zero-order chi connectivity index (χ0) is 7.65. The number of alkyl halides is 4. The smallest absolute Gasteiger partial charge is 0.171 e. The molecule has 0 fully saturated rings. The van der Waals surface area contributed by atoms with Gasteiger partial charge < -0.3 is 0 Å². The highest BCUT2D eigenvalue weighted by Gasteiger charge is 2.38. The van der Waals surface area contributed by atoms with Crippen LogP contribution in [0.2, 0.25) is 0 Å². The van der Waals surface area contributed by atoms with Crippen LogP contribution in [0.4, 0.5) is 13.2 Å². The zero-order valence-corrected chi connectivity index (χ0v) is 5.92. The molecule has 4 heteroatoms. The molecule has 0 saturated heterocycles. The van der Waals surface area contributed by atoms with Gasteiger partial charge in [0.25, 0.3) is 0 Å². The molecule has 2 atom stereocenters. The number of halogens is 4. The minimum atomic E-state index is -4.15. The first kappa shape index (κ1) is 9.08. The van der Waals surface area contributed by atoms with E-state index in [2.05, 4.69) is 0 Å². The van der Waals surface area contributed by atoms with Gasteiger partial charge in [0.1, 0.15) is 0 Å². The highest BCUT2D eigenvalue weighted by molar-refractivity contribution is 6.20. The number of hydrogen-bond donors (Lipinski definition) is 0. The van der Waals surface area contributed by atoms with Crippen LogP contribution in [0.5, 0.6) is 0 Å². The molecule has 0 aliphatic rings. The van der Waals surface area contributed by atoms with Crippen molar-refractivity contribution >= 4 is 11.6 Å². The molecule has 0 bridgehead atoms. The van der Waals surface area contributed by atoms with Gasteiger partial charge in [0, 0.05) is 5.38 Å². The fourth-order valence-electron chi connectivity index (χ4n) is 0.260. The lowest BCUT2D eigenvalue weighted by Gasteiger charge is -2.16. The fourth-order valence-corrected chi connectivity index (χ4v) is 0.403. The summed E-state index contributed by atoms with van der Waals surface area (Å²) in [4.78, 5) is 0. The molecule has 0 spiro atoms. The van der Waals surface area contributed by atoms with E-state index in [1.54, 1.807) is 0 Å². The molecular weight excluding hydrogens is 153 g/mol. The second-order valence-corrected chi connectivity index (χ2v) is 2.70. The Morgan fingerprint density at radius 1 is 1.22 bits per heavy atom. The standard InChI is InChI=1S/C5H8ClF3/c1-3(4(2)6)5(7,8)9/h3-4H,1-2H3. The van der Waals surface area contributed by atoms with Crippen molar-refractivity contribution in [2.45, 2.75) is 25.4 Å².